The van der Waals surface area contributed by atoms with E-state index in [-0.39, 0.29) is 12.2 Å². The van der Waals surface area contributed by atoms with Crippen molar-refractivity contribution in [2.24, 2.45) is 0 Å². The molecule has 0 aliphatic carbocycles. The number of carbonyl (C=O) groups is 1. The zero-order chi connectivity index (χ0) is 14.6. The van der Waals surface area contributed by atoms with Crippen molar-refractivity contribution in [3.8, 4) is 0 Å². The molecule has 2 rings (SSSR count). The van der Waals surface area contributed by atoms with Gasteiger partial charge in [-0.1, -0.05) is 35.3 Å². The maximum atomic E-state index is 12.7. The predicted octanol–water partition coefficient (Wildman–Crippen LogP) is 3.69. The largest absolute Gasteiger partial charge is 0.381 e. The van der Waals surface area contributed by atoms with E-state index in [1.54, 1.807) is 12.1 Å². The molecule has 1 fully saturated rings. The summed E-state index contributed by atoms with van der Waals surface area (Å²) in [7, 11) is 0. The standard InChI is InChI=1S/C15H18Cl2O3/c1-2-20-15(6-8-19-9-7-15)13(18)10-11-4-3-5-12(16)14(11)17/h3-5H,2,6-10H2,1H3. The van der Waals surface area contributed by atoms with Crippen LogP contribution in [0.4, 0.5) is 0 Å². The molecule has 1 heterocycles. The Hall–Kier alpha value is -0.610. The molecule has 1 aromatic carbocycles. The number of rotatable bonds is 5. The quantitative estimate of drug-likeness (QED) is 0.831. The third kappa shape index (κ3) is 3.34. The third-order valence-corrected chi connectivity index (χ3v) is 4.47. The topological polar surface area (TPSA) is 35.5 Å². The van der Waals surface area contributed by atoms with E-state index in [0.717, 1.165) is 5.56 Å². The van der Waals surface area contributed by atoms with Crippen LogP contribution in [-0.4, -0.2) is 31.2 Å². The molecule has 0 atom stereocenters. The van der Waals surface area contributed by atoms with Crippen molar-refractivity contribution in [1.29, 1.82) is 0 Å². The van der Waals surface area contributed by atoms with Gasteiger partial charge in [0.2, 0.25) is 0 Å². The Balaban J connectivity index is 2.18. The molecular formula is C15H18Cl2O3. The lowest BCUT2D eigenvalue weighted by Gasteiger charge is -2.35. The Bertz CT molecular complexity index is 476. The zero-order valence-electron chi connectivity index (χ0n) is 11.5. The second-order valence-electron chi connectivity index (χ2n) is 4.85. The fourth-order valence-corrected chi connectivity index (χ4v) is 2.89. The van der Waals surface area contributed by atoms with Crippen molar-refractivity contribution in [2.75, 3.05) is 19.8 Å². The third-order valence-electron chi connectivity index (χ3n) is 3.61. The molecule has 0 spiro atoms. The zero-order valence-corrected chi connectivity index (χ0v) is 13.0. The van der Waals surface area contributed by atoms with Crippen LogP contribution < -0.4 is 0 Å². The van der Waals surface area contributed by atoms with Crippen LogP contribution in [-0.2, 0) is 20.7 Å². The molecule has 0 saturated carbocycles. The number of hydrogen-bond donors (Lipinski definition) is 0. The number of halogens is 2. The number of ether oxygens (including phenoxy) is 2. The molecule has 20 heavy (non-hydrogen) atoms. The van der Waals surface area contributed by atoms with Crippen LogP contribution in [0.5, 0.6) is 0 Å². The van der Waals surface area contributed by atoms with Crippen molar-refractivity contribution in [1.82, 2.24) is 0 Å². The SMILES string of the molecule is CCOC1(C(=O)Cc2cccc(Cl)c2Cl)CCOCC1. The number of ketones is 1. The molecule has 0 unspecified atom stereocenters. The summed E-state index contributed by atoms with van der Waals surface area (Å²) in [6.45, 7) is 3.51. The highest BCUT2D eigenvalue weighted by Crippen LogP contribution is 2.31. The first-order valence-electron chi connectivity index (χ1n) is 6.77. The van der Waals surface area contributed by atoms with Crippen molar-refractivity contribution < 1.29 is 14.3 Å². The minimum atomic E-state index is -0.737. The molecule has 1 aliphatic heterocycles. The van der Waals surface area contributed by atoms with E-state index < -0.39 is 5.60 Å². The van der Waals surface area contributed by atoms with Gasteiger partial charge in [0.05, 0.1) is 10.0 Å². The van der Waals surface area contributed by atoms with E-state index in [4.69, 9.17) is 32.7 Å². The van der Waals surface area contributed by atoms with Gasteiger partial charge in [0, 0.05) is 39.1 Å². The summed E-state index contributed by atoms with van der Waals surface area (Å²) >= 11 is 12.1. The van der Waals surface area contributed by atoms with E-state index in [1.165, 1.54) is 0 Å². The van der Waals surface area contributed by atoms with Gasteiger partial charge in [-0.3, -0.25) is 4.79 Å². The number of benzene rings is 1. The Morgan fingerprint density at radius 1 is 1.35 bits per heavy atom. The number of Topliss-reactive ketones (excluding diaryl/α,β-unsaturated/α-hetero) is 1. The summed E-state index contributed by atoms with van der Waals surface area (Å²) < 4.78 is 11.1. The molecule has 0 N–H and O–H groups in total. The fourth-order valence-electron chi connectivity index (χ4n) is 2.50. The maximum Gasteiger partial charge on any atom is 0.169 e. The first-order chi connectivity index (χ1) is 9.59. The number of hydrogen-bond acceptors (Lipinski definition) is 3. The first kappa shape index (κ1) is 15.8. The van der Waals surface area contributed by atoms with Crippen molar-refractivity contribution in [3.05, 3.63) is 33.8 Å². The lowest BCUT2D eigenvalue weighted by Crippen LogP contribution is -2.47. The molecule has 0 bridgehead atoms. The fraction of sp³-hybridized carbons (Fsp3) is 0.533. The van der Waals surface area contributed by atoms with Gasteiger partial charge in [-0.2, -0.15) is 0 Å². The normalized spacial score (nSPS) is 17.9. The first-order valence-corrected chi connectivity index (χ1v) is 7.52. The van der Waals surface area contributed by atoms with Crippen LogP contribution in [0.1, 0.15) is 25.3 Å². The van der Waals surface area contributed by atoms with Crippen molar-refractivity contribution >= 4 is 29.0 Å². The van der Waals surface area contributed by atoms with Gasteiger partial charge in [0.15, 0.2) is 5.78 Å². The van der Waals surface area contributed by atoms with Crippen molar-refractivity contribution in [2.45, 2.75) is 31.8 Å². The molecular weight excluding hydrogens is 299 g/mol. The highest BCUT2D eigenvalue weighted by molar-refractivity contribution is 6.42. The van der Waals surface area contributed by atoms with Gasteiger partial charge in [-0.25, -0.2) is 0 Å². The monoisotopic (exact) mass is 316 g/mol. The minimum absolute atomic E-state index is 0.0480. The molecule has 1 saturated heterocycles. The smallest absolute Gasteiger partial charge is 0.169 e. The maximum absolute atomic E-state index is 12.7. The Kier molecular flexibility index (Phi) is 5.44. The van der Waals surface area contributed by atoms with E-state index in [2.05, 4.69) is 0 Å². The summed E-state index contributed by atoms with van der Waals surface area (Å²) in [5, 5.41) is 0.913. The molecule has 0 radical (unpaired) electrons. The van der Waals surface area contributed by atoms with Gasteiger partial charge in [-0.05, 0) is 18.6 Å². The molecule has 0 aromatic heterocycles. The van der Waals surface area contributed by atoms with Gasteiger partial charge in [0.25, 0.3) is 0 Å². The molecule has 1 aromatic rings. The van der Waals surface area contributed by atoms with E-state index in [0.29, 0.717) is 42.7 Å². The van der Waals surface area contributed by atoms with E-state index >= 15 is 0 Å². The Morgan fingerprint density at radius 3 is 2.70 bits per heavy atom. The molecule has 3 nitrogen and oxygen atoms in total. The second kappa shape index (κ2) is 6.90. The molecule has 0 amide bonds. The van der Waals surface area contributed by atoms with E-state index in [9.17, 15) is 4.79 Å². The molecule has 5 heteroatoms. The minimum Gasteiger partial charge on any atom is -0.381 e. The lowest BCUT2D eigenvalue weighted by atomic mass is 9.86. The van der Waals surface area contributed by atoms with Crippen LogP contribution in [0, 0.1) is 0 Å². The Morgan fingerprint density at radius 2 is 2.05 bits per heavy atom. The highest BCUT2D eigenvalue weighted by Gasteiger charge is 2.40. The van der Waals surface area contributed by atoms with Crippen LogP contribution in [0.2, 0.25) is 10.0 Å². The summed E-state index contributed by atoms with van der Waals surface area (Å²) in [5.41, 5.74) is 0.00767. The highest BCUT2D eigenvalue weighted by atomic mass is 35.5. The van der Waals surface area contributed by atoms with Gasteiger partial charge in [0.1, 0.15) is 5.60 Å². The molecule has 110 valence electrons. The van der Waals surface area contributed by atoms with Crippen LogP contribution >= 0.6 is 23.2 Å². The summed E-state index contributed by atoms with van der Waals surface area (Å²) in [4.78, 5) is 12.7. The van der Waals surface area contributed by atoms with Crippen molar-refractivity contribution in [3.63, 3.8) is 0 Å². The van der Waals surface area contributed by atoms with E-state index in [1.807, 2.05) is 13.0 Å². The predicted molar refractivity (Wildman–Crippen MR) is 79.6 cm³/mol. The number of carbonyl (C=O) groups excluding carboxylic acids is 1. The lowest BCUT2D eigenvalue weighted by molar-refractivity contribution is -0.156. The van der Waals surface area contributed by atoms with Gasteiger partial charge < -0.3 is 9.47 Å². The summed E-state index contributed by atoms with van der Waals surface area (Å²) in [6.07, 6.45) is 1.43. The summed E-state index contributed by atoms with van der Waals surface area (Å²) in [6, 6.07) is 5.34. The second-order valence-corrected chi connectivity index (χ2v) is 5.64. The average Bonchev–Trinajstić information content (AvgIpc) is 2.45. The average molecular weight is 317 g/mol. The van der Waals surface area contributed by atoms with Gasteiger partial charge >= 0.3 is 0 Å². The van der Waals surface area contributed by atoms with Crippen LogP contribution in [0.3, 0.4) is 0 Å². The molecule has 1 aliphatic rings. The van der Waals surface area contributed by atoms with Gasteiger partial charge in [-0.15, -0.1) is 0 Å². The Labute approximate surface area is 129 Å². The van der Waals surface area contributed by atoms with Crippen LogP contribution in [0.25, 0.3) is 0 Å². The van der Waals surface area contributed by atoms with Crippen LogP contribution in [0.15, 0.2) is 18.2 Å². The summed E-state index contributed by atoms with van der Waals surface area (Å²) in [5.74, 6) is 0.0480.